The van der Waals surface area contributed by atoms with E-state index in [9.17, 15) is 4.79 Å². The predicted octanol–water partition coefficient (Wildman–Crippen LogP) is 4.07. The number of hydrogen-bond acceptors (Lipinski definition) is 5. The topological polar surface area (TPSA) is 57.7 Å². The fraction of sp³-hybridized carbons (Fsp3) is 0.333. The zero-order valence-electron chi connectivity index (χ0n) is 15.5. The summed E-state index contributed by atoms with van der Waals surface area (Å²) in [5, 5.41) is 0. The smallest absolute Gasteiger partial charge is 0.330 e. The average Bonchev–Trinajstić information content (AvgIpc) is 2.65. The van der Waals surface area contributed by atoms with Crippen LogP contribution in [0.3, 0.4) is 0 Å². The van der Waals surface area contributed by atoms with Gasteiger partial charge in [-0.2, -0.15) is 0 Å². The third kappa shape index (κ3) is 6.59. The van der Waals surface area contributed by atoms with E-state index in [1.807, 2.05) is 44.2 Å². The van der Waals surface area contributed by atoms with E-state index in [1.54, 1.807) is 25.6 Å². The molecule has 2 rings (SSSR count). The molecule has 0 aliphatic carbocycles. The van der Waals surface area contributed by atoms with E-state index in [2.05, 4.69) is 4.98 Å². The van der Waals surface area contributed by atoms with Gasteiger partial charge in [-0.15, -0.1) is 0 Å². The minimum absolute atomic E-state index is 0.0624. The molecule has 5 heteroatoms. The zero-order valence-corrected chi connectivity index (χ0v) is 15.5. The number of aromatic nitrogens is 1. The lowest BCUT2D eigenvalue weighted by Gasteiger charge is -2.13. The Morgan fingerprint density at radius 3 is 2.62 bits per heavy atom. The molecular weight excluding hydrogens is 330 g/mol. The highest BCUT2D eigenvalue weighted by atomic mass is 16.5. The first-order valence-corrected chi connectivity index (χ1v) is 8.67. The Labute approximate surface area is 154 Å². The monoisotopic (exact) mass is 355 g/mol. The third-order valence-corrected chi connectivity index (χ3v) is 3.57. The van der Waals surface area contributed by atoms with E-state index in [-0.39, 0.29) is 12.1 Å². The summed E-state index contributed by atoms with van der Waals surface area (Å²) < 4.78 is 16.2. The summed E-state index contributed by atoms with van der Waals surface area (Å²) in [5.74, 6) is 0.950. The van der Waals surface area contributed by atoms with Crippen LogP contribution in [0, 0.1) is 0 Å². The van der Waals surface area contributed by atoms with Crippen molar-refractivity contribution in [3.63, 3.8) is 0 Å². The number of rotatable bonds is 9. The van der Waals surface area contributed by atoms with Crippen LogP contribution in [-0.4, -0.2) is 30.8 Å². The number of pyridine rings is 1. The summed E-state index contributed by atoms with van der Waals surface area (Å²) in [4.78, 5) is 15.8. The molecule has 0 saturated carbocycles. The molecule has 0 unspecified atom stereocenters. The molecule has 2 aromatic rings. The molecule has 1 aromatic carbocycles. The number of carbonyl (C=O) groups excluding carboxylic acids is 1. The molecule has 0 bridgehead atoms. The summed E-state index contributed by atoms with van der Waals surface area (Å²) in [6, 6.07) is 9.44. The van der Waals surface area contributed by atoms with Crippen LogP contribution >= 0.6 is 0 Å². The lowest BCUT2D eigenvalue weighted by atomic mass is 10.1. The van der Waals surface area contributed by atoms with Crippen molar-refractivity contribution in [3.8, 4) is 11.5 Å². The second-order valence-electron chi connectivity index (χ2n) is 6.04. The number of ether oxygens (including phenoxy) is 3. The van der Waals surface area contributed by atoms with E-state index < -0.39 is 0 Å². The molecule has 0 spiro atoms. The van der Waals surface area contributed by atoms with Gasteiger partial charge in [-0.1, -0.05) is 6.07 Å². The number of methoxy groups -OCH3 is 1. The van der Waals surface area contributed by atoms with Crippen molar-refractivity contribution in [2.45, 2.75) is 32.8 Å². The van der Waals surface area contributed by atoms with Crippen molar-refractivity contribution in [1.29, 1.82) is 0 Å². The first kappa shape index (κ1) is 19.5. The molecule has 0 aliphatic heterocycles. The van der Waals surface area contributed by atoms with E-state index in [0.29, 0.717) is 18.1 Å². The molecule has 1 heterocycles. The van der Waals surface area contributed by atoms with Crippen molar-refractivity contribution in [3.05, 3.63) is 59.9 Å². The molecular formula is C21H25NO4. The minimum atomic E-state index is -0.360. The number of nitrogens with zero attached hydrogens (tertiary/aromatic N) is 1. The van der Waals surface area contributed by atoms with Crippen molar-refractivity contribution in [2.75, 3.05) is 13.7 Å². The molecule has 0 amide bonds. The summed E-state index contributed by atoms with van der Waals surface area (Å²) in [7, 11) is 1.59. The molecule has 0 radical (unpaired) electrons. The summed E-state index contributed by atoms with van der Waals surface area (Å²) >= 11 is 0. The average molecular weight is 355 g/mol. The summed E-state index contributed by atoms with van der Waals surface area (Å²) in [6.07, 6.45) is 8.34. The van der Waals surface area contributed by atoms with Gasteiger partial charge in [0.1, 0.15) is 0 Å². The van der Waals surface area contributed by atoms with Crippen molar-refractivity contribution < 1.29 is 19.0 Å². The number of benzene rings is 1. The van der Waals surface area contributed by atoms with Gasteiger partial charge in [0.25, 0.3) is 0 Å². The highest BCUT2D eigenvalue weighted by Crippen LogP contribution is 2.29. The largest absolute Gasteiger partial charge is 0.493 e. The quantitative estimate of drug-likeness (QED) is 0.386. The normalized spacial score (nSPS) is 10.9. The first-order chi connectivity index (χ1) is 12.6. The molecule has 5 nitrogen and oxygen atoms in total. The van der Waals surface area contributed by atoms with Gasteiger partial charge in [0.2, 0.25) is 0 Å². The molecule has 0 fully saturated rings. The van der Waals surface area contributed by atoms with E-state index >= 15 is 0 Å². The number of aryl methyl sites for hydroxylation is 1. The molecule has 0 atom stereocenters. The Kier molecular flexibility index (Phi) is 7.68. The predicted molar refractivity (Wildman–Crippen MR) is 101 cm³/mol. The number of esters is 1. The van der Waals surface area contributed by atoms with Crippen LogP contribution < -0.4 is 9.47 Å². The number of hydrogen-bond donors (Lipinski definition) is 0. The van der Waals surface area contributed by atoms with Gasteiger partial charge in [0.15, 0.2) is 11.5 Å². The van der Waals surface area contributed by atoms with Crippen LogP contribution in [0.5, 0.6) is 11.5 Å². The fourth-order valence-corrected chi connectivity index (χ4v) is 2.35. The van der Waals surface area contributed by atoms with Crippen LogP contribution in [0.25, 0.3) is 6.08 Å². The summed E-state index contributed by atoms with van der Waals surface area (Å²) in [5.41, 5.74) is 2.02. The molecule has 26 heavy (non-hydrogen) atoms. The van der Waals surface area contributed by atoms with Gasteiger partial charge in [-0.3, -0.25) is 4.98 Å². The zero-order chi connectivity index (χ0) is 18.8. The maximum absolute atomic E-state index is 11.8. The molecule has 138 valence electrons. The van der Waals surface area contributed by atoms with Gasteiger partial charge in [0.05, 0.1) is 19.8 Å². The van der Waals surface area contributed by atoms with Crippen molar-refractivity contribution in [2.24, 2.45) is 0 Å². The van der Waals surface area contributed by atoms with Crippen LogP contribution in [0.1, 0.15) is 31.4 Å². The Morgan fingerprint density at radius 1 is 1.15 bits per heavy atom. The molecule has 0 saturated heterocycles. The second kappa shape index (κ2) is 10.2. The minimum Gasteiger partial charge on any atom is -0.493 e. The first-order valence-electron chi connectivity index (χ1n) is 8.67. The van der Waals surface area contributed by atoms with Gasteiger partial charge < -0.3 is 14.2 Å². The molecule has 0 N–H and O–H groups in total. The van der Waals surface area contributed by atoms with Crippen LogP contribution in [0.4, 0.5) is 0 Å². The van der Waals surface area contributed by atoms with Crippen LogP contribution in [0.15, 0.2) is 48.8 Å². The maximum atomic E-state index is 11.8. The standard InChI is InChI=1S/C21H25NO4/c1-16(2)26-19-8-6-18(15-20(19)24-3)7-9-21(23)25-14-4-5-17-10-12-22-13-11-17/h6-13,15-16H,4-5,14H2,1-3H3/b9-7+. The van der Waals surface area contributed by atoms with Crippen LogP contribution in [0.2, 0.25) is 0 Å². The van der Waals surface area contributed by atoms with Crippen molar-refractivity contribution >= 4 is 12.0 Å². The maximum Gasteiger partial charge on any atom is 0.330 e. The van der Waals surface area contributed by atoms with Crippen LogP contribution in [-0.2, 0) is 16.0 Å². The SMILES string of the molecule is COc1cc(/C=C/C(=O)OCCCc2ccncc2)ccc1OC(C)C. The highest BCUT2D eigenvalue weighted by Gasteiger charge is 2.07. The Morgan fingerprint density at radius 2 is 1.92 bits per heavy atom. The number of carbonyl (C=O) groups is 1. The van der Waals surface area contributed by atoms with E-state index in [0.717, 1.165) is 18.4 Å². The van der Waals surface area contributed by atoms with Crippen molar-refractivity contribution in [1.82, 2.24) is 4.98 Å². The summed E-state index contributed by atoms with van der Waals surface area (Å²) in [6.45, 7) is 4.30. The lowest BCUT2D eigenvalue weighted by Crippen LogP contribution is -2.06. The van der Waals surface area contributed by atoms with E-state index in [4.69, 9.17) is 14.2 Å². The highest BCUT2D eigenvalue weighted by molar-refractivity contribution is 5.87. The fourth-order valence-electron chi connectivity index (χ4n) is 2.35. The van der Waals surface area contributed by atoms with Gasteiger partial charge in [-0.05, 0) is 68.2 Å². The van der Waals surface area contributed by atoms with Gasteiger partial charge in [0, 0.05) is 18.5 Å². The van der Waals surface area contributed by atoms with E-state index in [1.165, 1.54) is 11.6 Å². The molecule has 1 aromatic heterocycles. The lowest BCUT2D eigenvalue weighted by molar-refractivity contribution is -0.137. The van der Waals surface area contributed by atoms with Gasteiger partial charge in [-0.25, -0.2) is 4.79 Å². The Hall–Kier alpha value is -2.82. The Bertz CT molecular complexity index is 726. The Balaban J connectivity index is 1.81. The third-order valence-electron chi connectivity index (χ3n) is 3.57. The second-order valence-corrected chi connectivity index (χ2v) is 6.04. The van der Waals surface area contributed by atoms with Gasteiger partial charge >= 0.3 is 5.97 Å². The molecule has 0 aliphatic rings.